The van der Waals surface area contributed by atoms with Crippen LogP contribution in [0.5, 0.6) is 0 Å². The number of rotatable bonds is 6. The zero-order chi connectivity index (χ0) is 19.6. The van der Waals surface area contributed by atoms with Crippen molar-refractivity contribution in [3.8, 4) is 0 Å². The molecule has 7 nitrogen and oxygen atoms in total. The van der Waals surface area contributed by atoms with Crippen LogP contribution in [0.2, 0.25) is 0 Å². The molecule has 1 aromatic carbocycles. The summed E-state index contributed by atoms with van der Waals surface area (Å²) in [6.07, 6.45) is 0.890. The minimum atomic E-state index is -0.283. The lowest BCUT2D eigenvalue weighted by molar-refractivity contribution is -0.121. The number of aryl methyl sites for hydroxylation is 5. The van der Waals surface area contributed by atoms with E-state index in [2.05, 4.69) is 46.2 Å². The lowest BCUT2D eigenvalue weighted by atomic mass is 10.1. The lowest BCUT2D eigenvalue weighted by Gasteiger charge is -2.10. The van der Waals surface area contributed by atoms with Crippen LogP contribution in [-0.2, 0) is 17.8 Å². The quantitative estimate of drug-likeness (QED) is 0.698. The molecular weight excluding hydrogens is 342 g/mol. The average Bonchev–Trinajstić information content (AvgIpc) is 2.97. The Balaban J connectivity index is 1.52. The first kappa shape index (κ1) is 18.8. The third-order valence-corrected chi connectivity index (χ3v) is 4.74. The van der Waals surface area contributed by atoms with Gasteiger partial charge in [0.1, 0.15) is 5.82 Å². The van der Waals surface area contributed by atoms with Crippen molar-refractivity contribution >= 4 is 16.9 Å². The van der Waals surface area contributed by atoms with Crippen molar-refractivity contribution in [3.63, 3.8) is 0 Å². The van der Waals surface area contributed by atoms with Gasteiger partial charge in [0.2, 0.25) is 5.91 Å². The van der Waals surface area contributed by atoms with Gasteiger partial charge in [-0.05, 0) is 57.0 Å². The average molecular weight is 367 g/mol. The number of hydrogen-bond acceptors (Lipinski definition) is 4. The van der Waals surface area contributed by atoms with E-state index in [1.54, 1.807) is 11.5 Å². The highest BCUT2D eigenvalue weighted by molar-refractivity contribution is 5.78. The maximum absolute atomic E-state index is 12.1. The fourth-order valence-electron chi connectivity index (χ4n) is 3.11. The molecule has 142 valence electrons. The molecular formula is C20H25N5O2. The van der Waals surface area contributed by atoms with E-state index in [9.17, 15) is 9.59 Å². The van der Waals surface area contributed by atoms with Crippen molar-refractivity contribution in [2.75, 3.05) is 6.54 Å². The van der Waals surface area contributed by atoms with Crippen molar-refractivity contribution < 1.29 is 4.79 Å². The first-order valence-electron chi connectivity index (χ1n) is 9.11. The Morgan fingerprint density at radius 3 is 2.59 bits per heavy atom. The van der Waals surface area contributed by atoms with Gasteiger partial charge in [0.15, 0.2) is 0 Å². The van der Waals surface area contributed by atoms with E-state index < -0.39 is 0 Å². The van der Waals surface area contributed by atoms with Gasteiger partial charge < -0.3 is 10.3 Å². The first-order chi connectivity index (χ1) is 12.8. The fourth-order valence-corrected chi connectivity index (χ4v) is 3.11. The highest BCUT2D eigenvalue weighted by atomic mass is 16.2. The molecule has 3 aromatic rings. The molecule has 0 radical (unpaired) electrons. The number of nitrogens with zero attached hydrogens (tertiary/aromatic N) is 3. The maximum Gasteiger partial charge on any atom is 0.348 e. The molecule has 0 aliphatic rings. The number of benzene rings is 1. The highest BCUT2D eigenvalue weighted by Gasteiger charge is 2.08. The summed E-state index contributed by atoms with van der Waals surface area (Å²) in [5.41, 5.74) is 5.60. The summed E-state index contributed by atoms with van der Waals surface area (Å²) in [6, 6.07) is 5.99. The van der Waals surface area contributed by atoms with Gasteiger partial charge in [-0.2, -0.15) is 4.98 Å². The molecule has 1 amide bonds. The van der Waals surface area contributed by atoms with E-state index in [-0.39, 0.29) is 11.6 Å². The van der Waals surface area contributed by atoms with Gasteiger partial charge in [-0.15, -0.1) is 0 Å². The first-order valence-corrected chi connectivity index (χ1v) is 9.11. The summed E-state index contributed by atoms with van der Waals surface area (Å²) in [7, 11) is 0. The minimum absolute atomic E-state index is 0.0615. The standard InChI is InChI=1S/C20H25N5O2/c1-12-9-16-17(10-13(12)2)24-18(23-16)5-6-19(26)21-7-8-25-15(4)11-14(3)22-20(25)27/h9-11H,5-8H2,1-4H3,(H,21,26)(H,23,24). The van der Waals surface area contributed by atoms with E-state index in [0.29, 0.717) is 31.6 Å². The van der Waals surface area contributed by atoms with Crippen LogP contribution in [0.1, 0.15) is 34.8 Å². The van der Waals surface area contributed by atoms with Gasteiger partial charge in [-0.25, -0.2) is 9.78 Å². The monoisotopic (exact) mass is 367 g/mol. The van der Waals surface area contributed by atoms with Gasteiger partial charge in [0.25, 0.3) is 0 Å². The van der Waals surface area contributed by atoms with Crippen LogP contribution >= 0.6 is 0 Å². The van der Waals surface area contributed by atoms with Crippen LogP contribution < -0.4 is 11.0 Å². The zero-order valence-electron chi connectivity index (χ0n) is 16.2. The molecule has 27 heavy (non-hydrogen) atoms. The third kappa shape index (κ3) is 4.42. The Morgan fingerprint density at radius 2 is 1.85 bits per heavy atom. The summed E-state index contributed by atoms with van der Waals surface area (Å²) in [6.45, 7) is 8.59. The van der Waals surface area contributed by atoms with E-state index in [4.69, 9.17) is 0 Å². The smallest absolute Gasteiger partial charge is 0.348 e. The van der Waals surface area contributed by atoms with E-state index in [1.807, 2.05) is 13.0 Å². The number of fused-ring (bicyclic) bond motifs is 1. The Labute approximate surface area is 157 Å². The van der Waals surface area contributed by atoms with Crippen LogP contribution in [0, 0.1) is 27.7 Å². The molecule has 0 saturated heterocycles. The molecule has 0 aliphatic heterocycles. The van der Waals surface area contributed by atoms with Crippen molar-refractivity contribution in [2.24, 2.45) is 0 Å². The maximum atomic E-state index is 12.1. The number of hydrogen-bond donors (Lipinski definition) is 2. The Morgan fingerprint density at radius 1 is 1.11 bits per heavy atom. The van der Waals surface area contributed by atoms with Crippen LogP contribution in [-0.4, -0.2) is 32.0 Å². The molecule has 2 N–H and O–H groups in total. The molecule has 2 aromatic heterocycles. The minimum Gasteiger partial charge on any atom is -0.354 e. The number of nitrogens with one attached hydrogen (secondary N) is 2. The molecule has 0 fully saturated rings. The van der Waals surface area contributed by atoms with E-state index >= 15 is 0 Å². The topological polar surface area (TPSA) is 92.7 Å². The molecule has 3 rings (SSSR count). The van der Waals surface area contributed by atoms with E-state index in [1.165, 1.54) is 11.1 Å². The number of aromatic nitrogens is 4. The van der Waals surface area contributed by atoms with Crippen LogP contribution in [0.3, 0.4) is 0 Å². The van der Waals surface area contributed by atoms with Gasteiger partial charge in [0, 0.05) is 37.3 Å². The molecule has 0 aliphatic carbocycles. The second-order valence-electron chi connectivity index (χ2n) is 6.96. The van der Waals surface area contributed by atoms with Crippen molar-refractivity contribution in [2.45, 2.75) is 47.1 Å². The number of carbonyl (C=O) groups excluding carboxylic acids is 1. The van der Waals surface area contributed by atoms with Gasteiger partial charge in [0.05, 0.1) is 11.0 Å². The second kappa shape index (κ2) is 7.73. The summed E-state index contributed by atoms with van der Waals surface area (Å²) in [4.78, 5) is 35.8. The summed E-state index contributed by atoms with van der Waals surface area (Å²) in [5.74, 6) is 0.744. The molecule has 0 saturated carbocycles. The van der Waals surface area contributed by atoms with Crippen molar-refractivity contribution in [3.05, 3.63) is 57.0 Å². The van der Waals surface area contributed by atoms with Crippen molar-refractivity contribution in [1.29, 1.82) is 0 Å². The van der Waals surface area contributed by atoms with Gasteiger partial charge in [-0.3, -0.25) is 9.36 Å². The van der Waals surface area contributed by atoms with Gasteiger partial charge in [-0.1, -0.05) is 0 Å². The normalized spacial score (nSPS) is 11.1. The number of imidazole rings is 1. The zero-order valence-corrected chi connectivity index (χ0v) is 16.2. The third-order valence-electron chi connectivity index (χ3n) is 4.74. The van der Waals surface area contributed by atoms with Crippen molar-refractivity contribution in [1.82, 2.24) is 24.8 Å². The molecule has 0 bridgehead atoms. The van der Waals surface area contributed by atoms with E-state index in [0.717, 1.165) is 22.6 Å². The molecule has 7 heteroatoms. The fraction of sp³-hybridized carbons (Fsp3) is 0.400. The molecule has 0 unspecified atom stereocenters. The largest absolute Gasteiger partial charge is 0.354 e. The predicted molar refractivity (Wildman–Crippen MR) is 105 cm³/mol. The Hall–Kier alpha value is -2.96. The summed E-state index contributed by atoms with van der Waals surface area (Å²) in [5, 5.41) is 2.85. The summed E-state index contributed by atoms with van der Waals surface area (Å²) < 4.78 is 1.57. The Bertz CT molecular complexity index is 1010. The highest BCUT2D eigenvalue weighted by Crippen LogP contribution is 2.17. The molecule has 0 atom stereocenters. The van der Waals surface area contributed by atoms with Crippen LogP contribution in [0.25, 0.3) is 11.0 Å². The van der Waals surface area contributed by atoms with Gasteiger partial charge >= 0.3 is 5.69 Å². The van der Waals surface area contributed by atoms with Crippen LogP contribution in [0.15, 0.2) is 23.0 Å². The number of aromatic amines is 1. The second-order valence-corrected chi connectivity index (χ2v) is 6.96. The predicted octanol–water partition coefficient (Wildman–Crippen LogP) is 2.10. The SMILES string of the molecule is Cc1cc(C)n(CCNC(=O)CCc2nc3cc(C)c(C)cc3[nH]2)c(=O)n1. The van der Waals surface area contributed by atoms with Crippen LogP contribution in [0.4, 0.5) is 0 Å². The molecule has 2 heterocycles. The Kier molecular flexibility index (Phi) is 5.39. The lowest BCUT2D eigenvalue weighted by Crippen LogP contribution is -2.33. The number of amides is 1. The number of carbonyl (C=O) groups is 1. The number of H-pyrrole nitrogens is 1. The molecule has 0 spiro atoms. The summed E-state index contributed by atoms with van der Waals surface area (Å²) >= 11 is 0.